The molecule has 0 aliphatic heterocycles. The van der Waals surface area contributed by atoms with Crippen LogP contribution in [-0.2, 0) is 22.2 Å². The molecule has 1 aliphatic carbocycles. The average Bonchev–Trinajstić information content (AvgIpc) is 2.64. The summed E-state index contributed by atoms with van der Waals surface area (Å²) in [6.07, 6.45) is 3.91. The summed E-state index contributed by atoms with van der Waals surface area (Å²) in [5.74, 6) is 1.02. The maximum atomic E-state index is 12.9. The van der Waals surface area contributed by atoms with Crippen LogP contribution in [0.4, 0.5) is 0 Å². The van der Waals surface area contributed by atoms with Crippen molar-refractivity contribution in [2.24, 2.45) is 0 Å². The average molecular weight is 364 g/mol. The van der Waals surface area contributed by atoms with E-state index >= 15 is 0 Å². The lowest BCUT2D eigenvalue weighted by atomic mass is 10.00. The first-order valence-electron chi connectivity index (χ1n) is 8.01. The lowest BCUT2D eigenvalue weighted by Gasteiger charge is -2.32. The molecule has 2 atom stereocenters. The second kappa shape index (κ2) is 7.94. The molecule has 2 unspecified atom stereocenters. The Morgan fingerprint density at radius 1 is 0.667 bits per heavy atom. The topological polar surface area (TPSA) is 52.6 Å². The van der Waals surface area contributed by atoms with Crippen molar-refractivity contribution in [3.8, 4) is 11.5 Å². The molecule has 0 bridgehead atoms. The standard InChI is InChI=1S/C18H20O4S2/c19-23(21-16-10-4-1-5-11-16)18(14-8-3-9-15-18)24(20)22-17-12-6-2-7-13-17/h1-2,4-7,10-13H,3,8-9,14-15H2. The number of hydrogen-bond acceptors (Lipinski definition) is 4. The van der Waals surface area contributed by atoms with E-state index in [9.17, 15) is 8.42 Å². The SMILES string of the molecule is O=S(Oc1ccccc1)C1(S(=O)Oc2ccccc2)CCCCC1. The fourth-order valence-electron chi connectivity index (χ4n) is 2.76. The highest BCUT2D eigenvalue weighted by molar-refractivity contribution is 8.00. The third-order valence-electron chi connectivity index (χ3n) is 4.05. The van der Waals surface area contributed by atoms with E-state index in [4.69, 9.17) is 8.37 Å². The van der Waals surface area contributed by atoms with Crippen molar-refractivity contribution >= 4 is 22.2 Å². The molecule has 6 heteroatoms. The Kier molecular flexibility index (Phi) is 5.68. The predicted octanol–water partition coefficient (Wildman–Crippen LogP) is 4.13. The van der Waals surface area contributed by atoms with E-state index in [-0.39, 0.29) is 0 Å². The molecule has 0 radical (unpaired) electrons. The predicted molar refractivity (Wildman–Crippen MR) is 96.2 cm³/mol. The molecule has 3 rings (SSSR count). The number of benzene rings is 2. The zero-order chi connectivity index (χ0) is 16.8. The summed E-state index contributed by atoms with van der Waals surface area (Å²) in [6.45, 7) is 0. The Labute approximate surface area is 147 Å². The van der Waals surface area contributed by atoms with E-state index < -0.39 is 26.2 Å². The highest BCUT2D eigenvalue weighted by atomic mass is 32.3. The largest absolute Gasteiger partial charge is 0.399 e. The van der Waals surface area contributed by atoms with Crippen molar-refractivity contribution in [1.82, 2.24) is 0 Å². The Morgan fingerprint density at radius 2 is 1.08 bits per heavy atom. The molecule has 1 fully saturated rings. The number of rotatable bonds is 6. The van der Waals surface area contributed by atoms with Gasteiger partial charge in [0.05, 0.1) is 0 Å². The molecule has 24 heavy (non-hydrogen) atoms. The van der Waals surface area contributed by atoms with E-state index in [1.807, 2.05) is 36.4 Å². The summed E-state index contributed by atoms with van der Waals surface area (Å²) in [6, 6.07) is 18.0. The number of para-hydroxylation sites is 2. The van der Waals surface area contributed by atoms with Gasteiger partial charge in [0.25, 0.3) is 0 Å². The molecule has 2 aromatic carbocycles. The van der Waals surface area contributed by atoms with Crippen molar-refractivity contribution in [2.75, 3.05) is 0 Å². The minimum absolute atomic E-state index is 0.512. The van der Waals surface area contributed by atoms with Crippen LogP contribution in [0.15, 0.2) is 60.7 Å². The van der Waals surface area contributed by atoms with Crippen LogP contribution < -0.4 is 8.37 Å². The molecule has 0 N–H and O–H groups in total. The van der Waals surface area contributed by atoms with Crippen LogP contribution in [0.3, 0.4) is 0 Å². The van der Waals surface area contributed by atoms with Crippen LogP contribution in [0.1, 0.15) is 32.1 Å². The molecule has 0 saturated heterocycles. The van der Waals surface area contributed by atoms with Crippen LogP contribution in [-0.4, -0.2) is 12.5 Å². The maximum absolute atomic E-state index is 12.9. The van der Waals surface area contributed by atoms with Crippen LogP contribution in [0.25, 0.3) is 0 Å². The third-order valence-corrected chi connectivity index (χ3v) is 7.59. The fraction of sp³-hybridized carbons (Fsp3) is 0.333. The van der Waals surface area contributed by atoms with Crippen LogP contribution in [0.5, 0.6) is 11.5 Å². The summed E-state index contributed by atoms with van der Waals surface area (Å²) in [7, 11) is 0. The summed E-state index contributed by atoms with van der Waals surface area (Å²) in [4.78, 5) is 0. The van der Waals surface area contributed by atoms with Gasteiger partial charge < -0.3 is 8.37 Å². The molecule has 0 heterocycles. The van der Waals surface area contributed by atoms with Gasteiger partial charge in [-0.25, -0.2) is 8.42 Å². The van der Waals surface area contributed by atoms with Gasteiger partial charge in [-0.15, -0.1) is 0 Å². The first-order chi connectivity index (χ1) is 11.7. The van der Waals surface area contributed by atoms with Crippen molar-refractivity contribution in [1.29, 1.82) is 0 Å². The normalized spacial score (nSPS) is 19.2. The smallest absolute Gasteiger partial charge is 0.229 e. The second-order valence-corrected chi connectivity index (χ2v) is 8.83. The molecule has 1 saturated carbocycles. The minimum Gasteiger partial charge on any atom is -0.399 e. The molecule has 4 nitrogen and oxygen atoms in total. The number of hydrogen-bond donors (Lipinski definition) is 0. The fourth-order valence-corrected chi connectivity index (χ4v) is 5.53. The Balaban J connectivity index is 1.81. The highest BCUT2D eigenvalue weighted by Crippen LogP contribution is 2.38. The third kappa shape index (κ3) is 3.87. The summed E-state index contributed by atoms with van der Waals surface area (Å²) < 4.78 is 36.1. The quantitative estimate of drug-likeness (QED) is 0.773. The molecule has 0 aromatic heterocycles. The lowest BCUT2D eigenvalue weighted by Crippen LogP contribution is -2.44. The van der Waals surface area contributed by atoms with E-state index in [0.717, 1.165) is 19.3 Å². The van der Waals surface area contributed by atoms with E-state index in [0.29, 0.717) is 24.3 Å². The first-order valence-corrected chi connectivity index (χ1v) is 10.2. The lowest BCUT2D eigenvalue weighted by molar-refractivity contribution is 0.422. The van der Waals surface area contributed by atoms with E-state index in [2.05, 4.69) is 0 Å². The van der Waals surface area contributed by atoms with Gasteiger partial charge in [0.2, 0.25) is 22.2 Å². The molecule has 0 amide bonds. The van der Waals surface area contributed by atoms with Gasteiger partial charge in [0, 0.05) is 0 Å². The van der Waals surface area contributed by atoms with Crippen molar-refractivity contribution in [3.63, 3.8) is 0 Å². The first kappa shape index (κ1) is 17.2. The Morgan fingerprint density at radius 3 is 1.50 bits per heavy atom. The zero-order valence-electron chi connectivity index (χ0n) is 13.3. The minimum atomic E-state index is -1.74. The highest BCUT2D eigenvalue weighted by Gasteiger charge is 2.48. The van der Waals surface area contributed by atoms with Gasteiger partial charge in [-0.2, -0.15) is 0 Å². The summed E-state index contributed by atoms with van der Waals surface area (Å²) >= 11 is -3.49. The van der Waals surface area contributed by atoms with Crippen molar-refractivity contribution in [3.05, 3.63) is 60.7 Å². The second-order valence-electron chi connectivity index (χ2n) is 5.73. The Hall–Kier alpha value is -1.66. The van der Waals surface area contributed by atoms with E-state index in [1.165, 1.54) is 0 Å². The van der Waals surface area contributed by atoms with Crippen LogP contribution >= 0.6 is 0 Å². The van der Waals surface area contributed by atoms with Crippen LogP contribution in [0.2, 0.25) is 0 Å². The van der Waals surface area contributed by atoms with Gasteiger partial charge in [-0.05, 0) is 37.1 Å². The summed E-state index contributed by atoms with van der Waals surface area (Å²) in [5, 5.41) is 0. The maximum Gasteiger partial charge on any atom is 0.229 e. The van der Waals surface area contributed by atoms with E-state index in [1.54, 1.807) is 24.3 Å². The summed E-state index contributed by atoms with van der Waals surface area (Å²) in [5.41, 5.74) is 0. The van der Waals surface area contributed by atoms with Crippen molar-refractivity contribution < 1.29 is 16.8 Å². The van der Waals surface area contributed by atoms with Gasteiger partial charge in [0.1, 0.15) is 11.5 Å². The van der Waals surface area contributed by atoms with Gasteiger partial charge in [-0.1, -0.05) is 55.7 Å². The van der Waals surface area contributed by atoms with Gasteiger partial charge in [-0.3, -0.25) is 0 Å². The van der Waals surface area contributed by atoms with Crippen LogP contribution in [0, 0.1) is 0 Å². The van der Waals surface area contributed by atoms with Gasteiger partial charge in [0.15, 0.2) is 4.08 Å². The molecule has 2 aromatic rings. The molecular weight excluding hydrogens is 344 g/mol. The zero-order valence-corrected chi connectivity index (χ0v) is 14.9. The Bertz CT molecular complexity index is 642. The molecular formula is C18H20O4S2. The van der Waals surface area contributed by atoms with Crippen molar-refractivity contribution in [2.45, 2.75) is 36.2 Å². The molecule has 128 valence electrons. The monoisotopic (exact) mass is 364 g/mol. The molecule has 0 spiro atoms. The van der Waals surface area contributed by atoms with Gasteiger partial charge >= 0.3 is 0 Å². The molecule has 1 aliphatic rings.